The highest BCUT2D eigenvalue weighted by atomic mass is 35.5. The molecule has 2 aliphatic rings. The predicted molar refractivity (Wildman–Crippen MR) is 127 cm³/mol. The number of anilines is 3. The standard InChI is InChI=1S/C24H27ClN4O3/c1-15-7-9-17(25)13-18(15)26-22(30)14-29-21-12-16(23(31)27(2)3)8-10-19(21)28-11-5-4-6-20(28)24(29)32/h7-10,12-13,20H,4-6,11,14H2,1-3H3,(H,26,30)/t20-/m0/s1. The van der Waals surface area contributed by atoms with E-state index in [1.165, 1.54) is 9.80 Å². The second-order valence-electron chi connectivity index (χ2n) is 8.54. The lowest BCUT2D eigenvalue weighted by Gasteiger charge is -2.45. The summed E-state index contributed by atoms with van der Waals surface area (Å²) in [5, 5.41) is 3.39. The van der Waals surface area contributed by atoms with Crippen LogP contribution in [0.5, 0.6) is 0 Å². The molecule has 0 radical (unpaired) electrons. The molecule has 0 aromatic heterocycles. The van der Waals surface area contributed by atoms with Gasteiger partial charge < -0.3 is 15.1 Å². The molecule has 0 unspecified atom stereocenters. The van der Waals surface area contributed by atoms with Gasteiger partial charge in [0.2, 0.25) is 11.8 Å². The van der Waals surface area contributed by atoms with Crippen molar-refractivity contribution in [2.75, 3.05) is 42.3 Å². The normalized spacial score (nSPS) is 17.5. The molecule has 3 amide bonds. The Kier molecular flexibility index (Phi) is 6.11. The molecule has 2 aromatic rings. The molecule has 1 fully saturated rings. The van der Waals surface area contributed by atoms with Crippen LogP contribution in [0, 0.1) is 6.92 Å². The predicted octanol–water partition coefficient (Wildman–Crippen LogP) is 3.69. The molecule has 1 N–H and O–H groups in total. The minimum Gasteiger partial charge on any atom is -0.358 e. The SMILES string of the molecule is Cc1ccc(Cl)cc1NC(=O)CN1C(=O)[C@@H]2CCCCN2c2ccc(C(=O)N(C)C)cc21. The van der Waals surface area contributed by atoms with Crippen LogP contribution in [0.3, 0.4) is 0 Å². The number of piperidine rings is 1. The van der Waals surface area contributed by atoms with Gasteiger partial charge in [0.1, 0.15) is 12.6 Å². The van der Waals surface area contributed by atoms with E-state index in [0.717, 1.165) is 37.1 Å². The van der Waals surface area contributed by atoms with Crippen molar-refractivity contribution in [1.82, 2.24) is 4.90 Å². The number of halogens is 1. The van der Waals surface area contributed by atoms with Crippen LogP contribution in [-0.4, -0.2) is 55.8 Å². The highest BCUT2D eigenvalue weighted by Crippen LogP contribution is 2.40. The van der Waals surface area contributed by atoms with Crippen molar-refractivity contribution in [2.45, 2.75) is 32.2 Å². The minimum atomic E-state index is -0.316. The van der Waals surface area contributed by atoms with Crippen LogP contribution in [-0.2, 0) is 9.59 Å². The van der Waals surface area contributed by atoms with Gasteiger partial charge in [-0.1, -0.05) is 17.7 Å². The van der Waals surface area contributed by atoms with Crippen LogP contribution < -0.4 is 15.1 Å². The monoisotopic (exact) mass is 454 g/mol. The maximum absolute atomic E-state index is 13.4. The summed E-state index contributed by atoms with van der Waals surface area (Å²) in [4.78, 5) is 44.1. The van der Waals surface area contributed by atoms with Crippen molar-refractivity contribution in [2.24, 2.45) is 0 Å². The van der Waals surface area contributed by atoms with Gasteiger partial charge in [-0.3, -0.25) is 19.3 Å². The molecule has 1 saturated heterocycles. The third kappa shape index (κ3) is 4.17. The second-order valence-corrected chi connectivity index (χ2v) is 8.98. The van der Waals surface area contributed by atoms with Crippen molar-refractivity contribution in [3.8, 4) is 0 Å². The number of carbonyl (C=O) groups is 3. The van der Waals surface area contributed by atoms with Crippen LogP contribution >= 0.6 is 11.6 Å². The number of benzene rings is 2. The van der Waals surface area contributed by atoms with Crippen LogP contribution in [0.1, 0.15) is 35.2 Å². The van der Waals surface area contributed by atoms with Gasteiger partial charge in [0, 0.05) is 36.9 Å². The molecular formula is C24H27ClN4O3. The first-order valence-electron chi connectivity index (χ1n) is 10.8. The Morgan fingerprint density at radius 2 is 1.91 bits per heavy atom. The summed E-state index contributed by atoms with van der Waals surface area (Å²) in [6, 6.07) is 10.4. The van der Waals surface area contributed by atoms with E-state index in [4.69, 9.17) is 11.6 Å². The van der Waals surface area contributed by atoms with Crippen LogP contribution in [0.15, 0.2) is 36.4 Å². The molecule has 4 rings (SSSR count). The maximum Gasteiger partial charge on any atom is 0.253 e. The van der Waals surface area contributed by atoms with Gasteiger partial charge in [-0.05, 0) is 62.1 Å². The van der Waals surface area contributed by atoms with Gasteiger partial charge in [-0.2, -0.15) is 0 Å². The number of hydrogen-bond donors (Lipinski definition) is 1. The molecule has 2 aromatic carbocycles. The average molecular weight is 455 g/mol. The summed E-state index contributed by atoms with van der Waals surface area (Å²) in [6.07, 6.45) is 2.74. The van der Waals surface area contributed by atoms with Crippen molar-refractivity contribution in [1.29, 1.82) is 0 Å². The van der Waals surface area contributed by atoms with E-state index >= 15 is 0 Å². The van der Waals surface area contributed by atoms with Crippen molar-refractivity contribution >= 4 is 46.4 Å². The number of nitrogens with one attached hydrogen (secondary N) is 1. The van der Waals surface area contributed by atoms with Crippen LogP contribution in [0.25, 0.3) is 0 Å². The molecule has 0 aliphatic carbocycles. The Balaban J connectivity index is 1.68. The summed E-state index contributed by atoms with van der Waals surface area (Å²) in [6.45, 7) is 2.53. The third-order valence-corrected chi connectivity index (χ3v) is 6.29. The Hall–Kier alpha value is -3.06. The van der Waals surface area contributed by atoms with Crippen molar-refractivity contribution in [3.63, 3.8) is 0 Å². The molecule has 8 heteroatoms. The number of hydrogen-bond acceptors (Lipinski definition) is 4. The Bertz CT molecular complexity index is 1080. The largest absolute Gasteiger partial charge is 0.358 e. The third-order valence-electron chi connectivity index (χ3n) is 6.06. The number of fused-ring (bicyclic) bond motifs is 3. The zero-order chi connectivity index (χ0) is 23.0. The number of aryl methyl sites for hydroxylation is 1. The van der Waals surface area contributed by atoms with Crippen molar-refractivity contribution in [3.05, 3.63) is 52.5 Å². The van der Waals surface area contributed by atoms with E-state index in [1.807, 2.05) is 19.1 Å². The molecule has 32 heavy (non-hydrogen) atoms. The lowest BCUT2D eigenvalue weighted by Crippen LogP contribution is -2.56. The molecular weight excluding hydrogens is 428 g/mol. The molecule has 2 heterocycles. The van der Waals surface area contributed by atoms with E-state index in [2.05, 4.69) is 10.2 Å². The Morgan fingerprint density at radius 3 is 2.66 bits per heavy atom. The fourth-order valence-corrected chi connectivity index (χ4v) is 4.55. The topological polar surface area (TPSA) is 73.0 Å². The number of rotatable bonds is 4. The number of nitrogens with zero attached hydrogens (tertiary/aromatic N) is 3. The number of carbonyl (C=O) groups excluding carboxylic acids is 3. The molecule has 2 aliphatic heterocycles. The summed E-state index contributed by atoms with van der Waals surface area (Å²) in [5.74, 6) is -0.576. The van der Waals surface area contributed by atoms with E-state index in [-0.39, 0.29) is 30.3 Å². The quantitative estimate of drug-likeness (QED) is 0.764. The first-order chi connectivity index (χ1) is 15.3. The Morgan fingerprint density at radius 1 is 1.12 bits per heavy atom. The van der Waals surface area contributed by atoms with Gasteiger partial charge >= 0.3 is 0 Å². The zero-order valence-electron chi connectivity index (χ0n) is 18.5. The summed E-state index contributed by atoms with van der Waals surface area (Å²) in [7, 11) is 3.37. The molecule has 0 spiro atoms. The van der Waals surface area contributed by atoms with E-state index in [0.29, 0.717) is 22.0 Å². The van der Waals surface area contributed by atoms with Crippen LogP contribution in [0.2, 0.25) is 5.02 Å². The zero-order valence-corrected chi connectivity index (χ0v) is 19.3. The van der Waals surface area contributed by atoms with Crippen molar-refractivity contribution < 1.29 is 14.4 Å². The minimum absolute atomic E-state index is 0.107. The van der Waals surface area contributed by atoms with E-state index in [9.17, 15) is 14.4 Å². The highest BCUT2D eigenvalue weighted by Gasteiger charge is 2.40. The molecule has 7 nitrogen and oxygen atoms in total. The van der Waals surface area contributed by atoms with Gasteiger partial charge in [-0.25, -0.2) is 0 Å². The molecule has 0 bridgehead atoms. The molecule has 168 valence electrons. The van der Waals surface area contributed by atoms with Gasteiger partial charge in [0.15, 0.2) is 0 Å². The van der Waals surface area contributed by atoms with Crippen LogP contribution in [0.4, 0.5) is 17.1 Å². The van der Waals surface area contributed by atoms with Gasteiger partial charge in [0.05, 0.1) is 11.4 Å². The van der Waals surface area contributed by atoms with E-state index < -0.39 is 0 Å². The first kappa shape index (κ1) is 22.1. The van der Waals surface area contributed by atoms with Gasteiger partial charge in [0.25, 0.3) is 5.91 Å². The van der Waals surface area contributed by atoms with E-state index in [1.54, 1.807) is 38.4 Å². The fourth-order valence-electron chi connectivity index (χ4n) is 4.37. The second kappa shape index (κ2) is 8.82. The fraction of sp³-hybridized carbons (Fsp3) is 0.375. The summed E-state index contributed by atoms with van der Waals surface area (Å²) >= 11 is 6.07. The average Bonchev–Trinajstić information content (AvgIpc) is 2.78. The maximum atomic E-state index is 13.4. The molecule has 1 atom stereocenters. The van der Waals surface area contributed by atoms with Gasteiger partial charge in [-0.15, -0.1) is 0 Å². The summed E-state index contributed by atoms with van der Waals surface area (Å²) in [5.41, 5.74) is 3.46. The molecule has 0 saturated carbocycles. The smallest absolute Gasteiger partial charge is 0.253 e. The highest BCUT2D eigenvalue weighted by molar-refractivity contribution is 6.31. The lowest BCUT2D eigenvalue weighted by atomic mass is 9.95. The Labute approximate surface area is 192 Å². The first-order valence-corrected chi connectivity index (χ1v) is 11.1. The lowest BCUT2D eigenvalue weighted by molar-refractivity contribution is -0.123. The number of amides is 3. The summed E-state index contributed by atoms with van der Waals surface area (Å²) < 4.78 is 0.